The van der Waals surface area contributed by atoms with Crippen molar-refractivity contribution in [3.63, 3.8) is 0 Å². The van der Waals surface area contributed by atoms with Crippen LogP contribution in [0, 0.1) is 11.3 Å². The van der Waals surface area contributed by atoms with Crippen molar-refractivity contribution in [1.29, 1.82) is 0 Å². The molecule has 1 rings (SSSR count). The molecule has 0 aromatic heterocycles. The second-order valence-corrected chi connectivity index (χ2v) is 5.57. The highest BCUT2D eigenvalue weighted by Crippen LogP contribution is 2.39. The Bertz CT molecular complexity index is 194. The molecule has 0 radical (unpaired) electrons. The van der Waals surface area contributed by atoms with Crippen LogP contribution >= 0.6 is 0 Å². The monoisotopic (exact) mass is 215 g/mol. The van der Waals surface area contributed by atoms with Crippen LogP contribution < -0.4 is 0 Å². The summed E-state index contributed by atoms with van der Waals surface area (Å²) in [4.78, 5) is 2.11. The lowest BCUT2D eigenvalue weighted by Crippen LogP contribution is -2.44. The van der Waals surface area contributed by atoms with Gasteiger partial charge < -0.3 is 15.1 Å². The van der Waals surface area contributed by atoms with Crippen molar-refractivity contribution in [3.8, 4) is 0 Å². The largest absolute Gasteiger partial charge is 0.395 e. The molecule has 3 heteroatoms. The highest BCUT2D eigenvalue weighted by atomic mass is 16.3. The highest BCUT2D eigenvalue weighted by molar-refractivity contribution is 4.89. The van der Waals surface area contributed by atoms with Crippen LogP contribution in [0.15, 0.2) is 0 Å². The van der Waals surface area contributed by atoms with Gasteiger partial charge in [0.2, 0.25) is 0 Å². The van der Waals surface area contributed by atoms with Crippen LogP contribution in [0.3, 0.4) is 0 Å². The minimum Gasteiger partial charge on any atom is -0.395 e. The van der Waals surface area contributed by atoms with Crippen molar-refractivity contribution in [3.05, 3.63) is 0 Å². The van der Waals surface area contributed by atoms with Gasteiger partial charge in [-0.3, -0.25) is 0 Å². The minimum absolute atomic E-state index is 0.0585. The summed E-state index contributed by atoms with van der Waals surface area (Å²) in [5.74, 6) is 0.366. The summed E-state index contributed by atoms with van der Waals surface area (Å²) < 4.78 is 0. The number of rotatable bonds is 4. The van der Waals surface area contributed by atoms with E-state index in [1.807, 2.05) is 7.05 Å². The molecule has 15 heavy (non-hydrogen) atoms. The van der Waals surface area contributed by atoms with E-state index in [4.69, 9.17) is 5.11 Å². The van der Waals surface area contributed by atoms with E-state index in [1.165, 1.54) is 6.42 Å². The van der Waals surface area contributed by atoms with Crippen molar-refractivity contribution in [2.24, 2.45) is 11.3 Å². The predicted octanol–water partition coefficient (Wildman–Crippen LogP) is 1.10. The molecule has 2 N–H and O–H groups in total. The summed E-state index contributed by atoms with van der Waals surface area (Å²) in [6.07, 6.45) is 3.24. The molecule has 0 saturated heterocycles. The smallest absolute Gasteiger partial charge is 0.0631 e. The molecule has 1 aliphatic rings. The first-order valence-electron chi connectivity index (χ1n) is 5.95. The van der Waals surface area contributed by atoms with E-state index in [0.717, 1.165) is 19.4 Å². The molecule has 2 unspecified atom stereocenters. The molecule has 0 aromatic carbocycles. The first-order chi connectivity index (χ1) is 6.97. The maximum Gasteiger partial charge on any atom is 0.0631 e. The number of aliphatic hydroxyl groups excluding tert-OH is 2. The van der Waals surface area contributed by atoms with Gasteiger partial charge in [-0.2, -0.15) is 0 Å². The van der Waals surface area contributed by atoms with Crippen LogP contribution in [0.1, 0.15) is 33.1 Å². The summed E-state index contributed by atoms with van der Waals surface area (Å²) in [6.45, 7) is 6.09. The van der Waals surface area contributed by atoms with E-state index in [9.17, 15) is 5.11 Å². The number of aliphatic hydroxyl groups is 2. The topological polar surface area (TPSA) is 43.7 Å². The van der Waals surface area contributed by atoms with Crippen molar-refractivity contribution >= 4 is 0 Å². The second kappa shape index (κ2) is 5.28. The molecule has 0 amide bonds. The van der Waals surface area contributed by atoms with E-state index in [0.29, 0.717) is 12.5 Å². The standard InChI is InChI=1S/C12H25NO2/c1-12(2)6-4-5-10(11(12)15)9-13(3)7-8-14/h10-11,14-15H,4-9H2,1-3H3. The highest BCUT2D eigenvalue weighted by Gasteiger charge is 2.37. The third kappa shape index (κ3) is 3.44. The Balaban J connectivity index is 2.47. The Kier molecular flexibility index (Phi) is 4.56. The molecule has 90 valence electrons. The van der Waals surface area contributed by atoms with Crippen molar-refractivity contribution in [1.82, 2.24) is 4.90 Å². The minimum atomic E-state index is -0.201. The quantitative estimate of drug-likeness (QED) is 0.738. The van der Waals surface area contributed by atoms with E-state index in [-0.39, 0.29) is 18.1 Å². The SMILES string of the molecule is CN(CCO)CC1CCCC(C)(C)C1O. The van der Waals surface area contributed by atoms with Crippen LogP contribution in [0.25, 0.3) is 0 Å². The lowest BCUT2D eigenvalue weighted by atomic mass is 9.69. The average molecular weight is 215 g/mol. The van der Waals surface area contributed by atoms with Gasteiger partial charge in [0, 0.05) is 13.1 Å². The Hall–Kier alpha value is -0.120. The van der Waals surface area contributed by atoms with E-state index >= 15 is 0 Å². The molecule has 3 nitrogen and oxygen atoms in total. The maximum atomic E-state index is 10.2. The van der Waals surface area contributed by atoms with Crippen LogP contribution in [0.5, 0.6) is 0 Å². The first kappa shape index (κ1) is 12.9. The zero-order valence-corrected chi connectivity index (χ0v) is 10.2. The molecule has 0 spiro atoms. The summed E-state index contributed by atoms with van der Waals surface area (Å²) in [6, 6.07) is 0. The Labute approximate surface area is 93.1 Å². The van der Waals surface area contributed by atoms with E-state index in [1.54, 1.807) is 0 Å². The Morgan fingerprint density at radius 2 is 2.07 bits per heavy atom. The van der Waals surface area contributed by atoms with Gasteiger partial charge in [0.05, 0.1) is 12.7 Å². The van der Waals surface area contributed by atoms with E-state index in [2.05, 4.69) is 18.7 Å². The predicted molar refractivity (Wildman–Crippen MR) is 61.7 cm³/mol. The Morgan fingerprint density at radius 3 is 2.67 bits per heavy atom. The van der Waals surface area contributed by atoms with Crippen LogP contribution in [-0.2, 0) is 0 Å². The van der Waals surface area contributed by atoms with E-state index < -0.39 is 0 Å². The third-order valence-corrected chi connectivity index (χ3v) is 3.67. The number of nitrogens with zero attached hydrogens (tertiary/aromatic N) is 1. The summed E-state index contributed by atoms with van der Waals surface area (Å²) >= 11 is 0. The molecule has 0 bridgehead atoms. The van der Waals surface area contributed by atoms with Crippen molar-refractivity contribution < 1.29 is 10.2 Å². The Morgan fingerprint density at radius 1 is 1.40 bits per heavy atom. The van der Waals surface area contributed by atoms with Gasteiger partial charge in [-0.05, 0) is 31.2 Å². The van der Waals surface area contributed by atoms with Crippen molar-refractivity contribution in [2.75, 3.05) is 26.7 Å². The third-order valence-electron chi connectivity index (χ3n) is 3.67. The fourth-order valence-corrected chi connectivity index (χ4v) is 2.62. The average Bonchev–Trinajstić information content (AvgIpc) is 2.13. The first-order valence-corrected chi connectivity index (χ1v) is 5.95. The number of likely N-dealkylation sites (N-methyl/N-ethyl adjacent to an activating group) is 1. The molecule has 0 aromatic rings. The van der Waals surface area contributed by atoms with Gasteiger partial charge in [-0.1, -0.05) is 20.3 Å². The van der Waals surface area contributed by atoms with Crippen LogP contribution in [0.4, 0.5) is 0 Å². The molecule has 0 aliphatic heterocycles. The molecular weight excluding hydrogens is 190 g/mol. The molecule has 1 fully saturated rings. The fourth-order valence-electron chi connectivity index (χ4n) is 2.62. The summed E-state index contributed by atoms with van der Waals surface area (Å²) in [5, 5.41) is 19.1. The molecular formula is C12H25NO2. The van der Waals surface area contributed by atoms with Gasteiger partial charge >= 0.3 is 0 Å². The molecule has 2 atom stereocenters. The van der Waals surface area contributed by atoms with Gasteiger partial charge in [0.25, 0.3) is 0 Å². The van der Waals surface area contributed by atoms with Crippen molar-refractivity contribution in [2.45, 2.75) is 39.2 Å². The van der Waals surface area contributed by atoms with Crippen LogP contribution in [0.2, 0.25) is 0 Å². The summed E-state index contributed by atoms with van der Waals surface area (Å²) in [7, 11) is 2.00. The lowest BCUT2D eigenvalue weighted by Gasteiger charge is -2.42. The van der Waals surface area contributed by atoms with Gasteiger partial charge in [0.15, 0.2) is 0 Å². The number of hydrogen-bond acceptors (Lipinski definition) is 3. The molecule has 1 aliphatic carbocycles. The summed E-state index contributed by atoms with van der Waals surface area (Å²) in [5.41, 5.74) is 0.0585. The van der Waals surface area contributed by atoms with Gasteiger partial charge in [-0.15, -0.1) is 0 Å². The zero-order chi connectivity index (χ0) is 11.5. The maximum absolute atomic E-state index is 10.2. The second-order valence-electron chi connectivity index (χ2n) is 5.57. The molecule has 1 saturated carbocycles. The van der Waals surface area contributed by atoms with Crippen LogP contribution in [-0.4, -0.2) is 48.0 Å². The lowest BCUT2D eigenvalue weighted by molar-refractivity contribution is -0.0416. The molecule has 0 heterocycles. The van der Waals surface area contributed by atoms with Gasteiger partial charge in [0.1, 0.15) is 0 Å². The number of hydrogen-bond donors (Lipinski definition) is 2. The fraction of sp³-hybridized carbons (Fsp3) is 1.00. The zero-order valence-electron chi connectivity index (χ0n) is 10.2. The van der Waals surface area contributed by atoms with Gasteiger partial charge in [-0.25, -0.2) is 0 Å². The normalized spacial score (nSPS) is 30.8.